The monoisotopic (exact) mass is 171 g/mol. The predicted molar refractivity (Wildman–Crippen MR) is 47.1 cm³/mol. The quantitative estimate of drug-likeness (QED) is 0.690. The summed E-state index contributed by atoms with van der Waals surface area (Å²) in [6.45, 7) is 2.92. The normalized spacial score (nSPS) is 28.6. The molecule has 3 heteroatoms. The van der Waals surface area contributed by atoms with Crippen molar-refractivity contribution in [1.29, 1.82) is 0 Å². The Kier molecular flexibility index (Phi) is 3.09. The van der Waals surface area contributed by atoms with E-state index in [1.165, 1.54) is 12.8 Å². The Balaban J connectivity index is 2.12. The van der Waals surface area contributed by atoms with Gasteiger partial charge in [0.1, 0.15) is 0 Å². The van der Waals surface area contributed by atoms with Crippen LogP contribution in [0.3, 0.4) is 0 Å². The Hall–Kier alpha value is -0.570. The fourth-order valence-electron chi connectivity index (χ4n) is 1.67. The van der Waals surface area contributed by atoms with Crippen molar-refractivity contribution in [3.8, 4) is 0 Å². The number of hydrogen-bond donors (Lipinski definition) is 1. The first-order valence-corrected chi connectivity index (χ1v) is 4.51. The van der Waals surface area contributed by atoms with E-state index in [0.717, 1.165) is 5.92 Å². The summed E-state index contributed by atoms with van der Waals surface area (Å²) in [5.74, 6) is 0.136. The molecule has 1 fully saturated rings. The molecule has 1 N–H and O–H groups in total. The molecule has 0 atom stereocenters. The SMILES string of the molecule is CC1CC(N(C)CCC(=O)O)C1. The molecule has 1 aliphatic carbocycles. The van der Waals surface area contributed by atoms with E-state index in [4.69, 9.17) is 5.11 Å². The zero-order valence-electron chi connectivity index (χ0n) is 7.79. The molecule has 0 amide bonds. The van der Waals surface area contributed by atoms with Gasteiger partial charge in [0, 0.05) is 12.6 Å². The molecule has 0 aliphatic heterocycles. The summed E-state index contributed by atoms with van der Waals surface area (Å²) in [7, 11) is 2.01. The van der Waals surface area contributed by atoms with Crippen molar-refractivity contribution in [2.45, 2.75) is 32.2 Å². The van der Waals surface area contributed by atoms with Gasteiger partial charge in [-0.15, -0.1) is 0 Å². The van der Waals surface area contributed by atoms with Gasteiger partial charge in [-0.05, 0) is 25.8 Å². The molecule has 1 saturated carbocycles. The smallest absolute Gasteiger partial charge is 0.304 e. The second-order valence-corrected chi connectivity index (χ2v) is 3.85. The van der Waals surface area contributed by atoms with E-state index in [2.05, 4.69) is 11.8 Å². The molecule has 0 saturated heterocycles. The molecule has 12 heavy (non-hydrogen) atoms. The molecule has 0 aromatic rings. The highest BCUT2D eigenvalue weighted by Gasteiger charge is 2.28. The lowest BCUT2D eigenvalue weighted by Crippen LogP contribution is -2.42. The number of nitrogens with zero attached hydrogens (tertiary/aromatic N) is 1. The minimum absolute atomic E-state index is 0.265. The summed E-state index contributed by atoms with van der Waals surface area (Å²) in [4.78, 5) is 12.4. The Morgan fingerprint density at radius 1 is 1.58 bits per heavy atom. The number of hydrogen-bond acceptors (Lipinski definition) is 2. The maximum absolute atomic E-state index is 10.3. The molecule has 0 unspecified atom stereocenters. The summed E-state index contributed by atoms with van der Waals surface area (Å²) < 4.78 is 0. The minimum atomic E-state index is -0.700. The first-order valence-electron chi connectivity index (χ1n) is 4.51. The van der Waals surface area contributed by atoms with Crippen molar-refractivity contribution in [3.63, 3.8) is 0 Å². The number of carbonyl (C=O) groups is 1. The molecule has 1 rings (SSSR count). The maximum atomic E-state index is 10.3. The molecule has 0 radical (unpaired) electrons. The van der Waals surface area contributed by atoms with Gasteiger partial charge in [-0.1, -0.05) is 6.92 Å². The first-order chi connectivity index (χ1) is 5.59. The van der Waals surface area contributed by atoms with Crippen LogP contribution < -0.4 is 0 Å². The largest absolute Gasteiger partial charge is 0.481 e. The van der Waals surface area contributed by atoms with Gasteiger partial charge in [-0.3, -0.25) is 4.79 Å². The molecule has 0 heterocycles. The van der Waals surface area contributed by atoms with Crippen molar-refractivity contribution >= 4 is 5.97 Å². The van der Waals surface area contributed by atoms with Crippen LogP contribution >= 0.6 is 0 Å². The summed E-state index contributed by atoms with van der Waals surface area (Å²) in [5.41, 5.74) is 0. The Morgan fingerprint density at radius 2 is 2.17 bits per heavy atom. The van der Waals surface area contributed by atoms with Gasteiger partial charge in [0.05, 0.1) is 6.42 Å². The molecule has 0 bridgehead atoms. The Labute approximate surface area is 73.4 Å². The topological polar surface area (TPSA) is 40.5 Å². The molecular formula is C9H17NO2. The summed E-state index contributed by atoms with van der Waals surface area (Å²) in [6.07, 6.45) is 2.73. The van der Waals surface area contributed by atoms with Crippen molar-refractivity contribution < 1.29 is 9.90 Å². The molecular weight excluding hydrogens is 154 g/mol. The maximum Gasteiger partial charge on any atom is 0.304 e. The van der Waals surface area contributed by atoms with E-state index in [1.807, 2.05) is 7.05 Å². The molecule has 3 nitrogen and oxygen atoms in total. The fraction of sp³-hybridized carbons (Fsp3) is 0.889. The van der Waals surface area contributed by atoms with Gasteiger partial charge >= 0.3 is 5.97 Å². The Morgan fingerprint density at radius 3 is 2.58 bits per heavy atom. The van der Waals surface area contributed by atoms with Crippen LogP contribution in [0.4, 0.5) is 0 Å². The molecule has 70 valence electrons. The van der Waals surface area contributed by atoms with Gasteiger partial charge in [-0.2, -0.15) is 0 Å². The van der Waals surface area contributed by atoms with Gasteiger partial charge in [0.15, 0.2) is 0 Å². The zero-order valence-corrected chi connectivity index (χ0v) is 7.79. The van der Waals surface area contributed by atoms with Gasteiger partial charge in [0.2, 0.25) is 0 Å². The first kappa shape index (κ1) is 9.52. The van der Waals surface area contributed by atoms with Gasteiger partial charge < -0.3 is 10.0 Å². The lowest BCUT2D eigenvalue weighted by atomic mass is 9.81. The van der Waals surface area contributed by atoms with E-state index < -0.39 is 5.97 Å². The number of carboxylic acids is 1. The Bertz CT molecular complexity index is 164. The number of aliphatic carboxylic acids is 1. The molecule has 0 spiro atoms. The van der Waals surface area contributed by atoms with Gasteiger partial charge in [0.25, 0.3) is 0 Å². The van der Waals surface area contributed by atoms with Crippen LogP contribution in [0.1, 0.15) is 26.2 Å². The average molecular weight is 171 g/mol. The van der Waals surface area contributed by atoms with Crippen LogP contribution in [0.5, 0.6) is 0 Å². The van der Waals surface area contributed by atoms with E-state index in [9.17, 15) is 4.79 Å². The van der Waals surface area contributed by atoms with Crippen LogP contribution in [0, 0.1) is 5.92 Å². The van der Waals surface area contributed by atoms with Gasteiger partial charge in [-0.25, -0.2) is 0 Å². The van der Waals surface area contributed by atoms with Crippen molar-refractivity contribution in [2.24, 2.45) is 5.92 Å². The number of rotatable bonds is 4. The van der Waals surface area contributed by atoms with E-state index in [-0.39, 0.29) is 6.42 Å². The minimum Gasteiger partial charge on any atom is -0.481 e. The summed E-state index contributed by atoms with van der Waals surface area (Å²) in [6, 6.07) is 0.638. The predicted octanol–water partition coefficient (Wildman–Crippen LogP) is 1.19. The zero-order chi connectivity index (χ0) is 9.14. The average Bonchev–Trinajstić information content (AvgIpc) is 1.94. The highest BCUT2D eigenvalue weighted by molar-refractivity contribution is 5.66. The highest BCUT2D eigenvalue weighted by Crippen LogP contribution is 2.30. The van der Waals surface area contributed by atoms with Crippen molar-refractivity contribution in [1.82, 2.24) is 4.90 Å². The van der Waals surface area contributed by atoms with Crippen LogP contribution in [0.25, 0.3) is 0 Å². The lowest BCUT2D eigenvalue weighted by molar-refractivity contribution is -0.137. The standard InChI is InChI=1S/C9H17NO2/c1-7-5-8(6-7)10(2)4-3-9(11)12/h7-8H,3-6H2,1-2H3,(H,11,12). The summed E-state index contributed by atoms with van der Waals surface area (Å²) in [5, 5.41) is 8.46. The second kappa shape index (κ2) is 3.90. The van der Waals surface area contributed by atoms with Crippen LogP contribution in [0.15, 0.2) is 0 Å². The second-order valence-electron chi connectivity index (χ2n) is 3.85. The molecule has 0 aromatic heterocycles. The van der Waals surface area contributed by atoms with Crippen molar-refractivity contribution in [3.05, 3.63) is 0 Å². The van der Waals surface area contributed by atoms with Crippen LogP contribution in [-0.4, -0.2) is 35.6 Å². The van der Waals surface area contributed by atoms with Crippen LogP contribution in [0.2, 0.25) is 0 Å². The molecule has 1 aliphatic rings. The van der Waals surface area contributed by atoms with E-state index in [0.29, 0.717) is 12.6 Å². The highest BCUT2D eigenvalue weighted by atomic mass is 16.4. The van der Waals surface area contributed by atoms with E-state index >= 15 is 0 Å². The van der Waals surface area contributed by atoms with Crippen LogP contribution in [-0.2, 0) is 4.79 Å². The number of carboxylic acid groups (broad SMARTS) is 1. The third-order valence-electron chi connectivity index (χ3n) is 2.65. The fourth-order valence-corrected chi connectivity index (χ4v) is 1.67. The van der Waals surface area contributed by atoms with Crippen molar-refractivity contribution in [2.75, 3.05) is 13.6 Å². The molecule has 0 aromatic carbocycles. The summed E-state index contributed by atoms with van der Waals surface area (Å²) >= 11 is 0. The van der Waals surface area contributed by atoms with E-state index in [1.54, 1.807) is 0 Å². The third-order valence-corrected chi connectivity index (χ3v) is 2.65. The third kappa shape index (κ3) is 2.48. The lowest BCUT2D eigenvalue weighted by Gasteiger charge is -2.39.